The fraction of sp³-hybridized carbons (Fsp3) is 0.357. The van der Waals surface area contributed by atoms with Crippen LogP contribution < -0.4 is 10.6 Å². The van der Waals surface area contributed by atoms with E-state index in [1.54, 1.807) is 31.3 Å². The lowest BCUT2D eigenvalue weighted by Gasteiger charge is -2.20. The SMILES string of the molecule is CC(=O)Nc1cccc(NC(=O)CN(C)C(C)C(=O)O)c1. The van der Waals surface area contributed by atoms with Crippen LogP contribution in [0.1, 0.15) is 13.8 Å². The Kier molecular flexibility index (Phi) is 5.86. The first-order valence-electron chi connectivity index (χ1n) is 6.40. The summed E-state index contributed by atoms with van der Waals surface area (Å²) in [5, 5.41) is 14.1. The number of benzene rings is 1. The number of rotatable bonds is 6. The van der Waals surface area contributed by atoms with Crippen LogP contribution in [0.4, 0.5) is 11.4 Å². The van der Waals surface area contributed by atoms with Crippen LogP contribution in [-0.2, 0) is 14.4 Å². The largest absolute Gasteiger partial charge is 0.480 e. The molecule has 7 heteroatoms. The van der Waals surface area contributed by atoms with Gasteiger partial charge in [0.05, 0.1) is 6.54 Å². The Morgan fingerprint density at radius 2 is 1.81 bits per heavy atom. The van der Waals surface area contributed by atoms with Crippen LogP contribution in [-0.4, -0.2) is 47.4 Å². The Labute approximate surface area is 122 Å². The average molecular weight is 293 g/mol. The van der Waals surface area contributed by atoms with Gasteiger partial charge in [-0.1, -0.05) is 6.07 Å². The molecule has 1 aromatic rings. The van der Waals surface area contributed by atoms with Crippen LogP contribution in [0.3, 0.4) is 0 Å². The van der Waals surface area contributed by atoms with E-state index in [-0.39, 0.29) is 18.4 Å². The van der Waals surface area contributed by atoms with E-state index >= 15 is 0 Å². The lowest BCUT2D eigenvalue weighted by atomic mass is 10.2. The van der Waals surface area contributed by atoms with E-state index in [0.717, 1.165) is 0 Å². The lowest BCUT2D eigenvalue weighted by Crippen LogP contribution is -2.40. The molecule has 0 aromatic heterocycles. The van der Waals surface area contributed by atoms with Crippen LogP contribution in [0.5, 0.6) is 0 Å². The van der Waals surface area contributed by atoms with Crippen molar-refractivity contribution in [1.82, 2.24) is 4.90 Å². The van der Waals surface area contributed by atoms with E-state index in [1.165, 1.54) is 18.7 Å². The summed E-state index contributed by atoms with van der Waals surface area (Å²) in [5.41, 5.74) is 1.11. The number of anilines is 2. The number of nitrogens with zero attached hydrogens (tertiary/aromatic N) is 1. The molecular weight excluding hydrogens is 274 g/mol. The predicted molar refractivity (Wildman–Crippen MR) is 79.1 cm³/mol. The van der Waals surface area contributed by atoms with E-state index in [4.69, 9.17) is 5.11 Å². The van der Waals surface area contributed by atoms with E-state index < -0.39 is 12.0 Å². The summed E-state index contributed by atoms with van der Waals surface area (Å²) in [6.07, 6.45) is 0. The van der Waals surface area contributed by atoms with Gasteiger partial charge in [-0.3, -0.25) is 19.3 Å². The van der Waals surface area contributed by atoms with Gasteiger partial charge in [0.15, 0.2) is 0 Å². The van der Waals surface area contributed by atoms with Gasteiger partial charge in [-0.05, 0) is 32.2 Å². The van der Waals surface area contributed by atoms with Gasteiger partial charge in [0, 0.05) is 18.3 Å². The molecule has 7 nitrogen and oxygen atoms in total. The molecule has 1 atom stereocenters. The molecule has 1 unspecified atom stereocenters. The topological polar surface area (TPSA) is 98.7 Å². The predicted octanol–water partition coefficient (Wildman–Crippen LogP) is 0.988. The molecule has 0 bridgehead atoms. The molecule has 0 fully saturated rings. The normalized spacial score (nSPS) is 11.8. The Morgan fingerprint density at radius 1 is 1.24 bits per heavy atom. The summed E-state index contributed by atoms with van der Waals surface area (Å²) in [5.74, 6) is -1.52. The maximum Gasteiger partial charge on any atom is 0.320 e. The summed E-state index contributed by atoms with van der Waals surface area (Å²) in [4.78, 5) is 35.1. The summed E-state index contributed by atoms with van der Waals surface area (Å²) in [7, 11) is 1.56. The van der Waals surface area contributed by atoms with Crippen molar-refractivity contribution in [2.75, 3.05) is 24.2 Å². The second kappa shape index (κ2) is 7.39. The van der Waals surface area contributed by atoms with Crippen molar-refractivity contribution in [3.63, 3.8) is 0 Å². The first kappa shape index (κ1) is 16.6. The standard InChI is InChI=1S/C14H19N3O4/c1-9(14(20)21)17(3)8-13(19)16-12-6-4-5-11(7-12)15-10(2)18/h4-7,9H,8H2,1-3H3,(H,15,18)(H,16,19)(H,20,21). The number of carbonyl (C=O) groups is 3. The minimum absolute atomic E-state index is 0.0438. The highest BCUT2D eigenvalue weighted by molar-refractivity contribution is 5.94. The fourth-order valence-corrected chi connectivity index (χ4v) is 1.63. The molecule has 0 aliphatic rings. The first-order valence-corrected chi connectivity index (χ1v) is 6.40. The van der Waals surface area contributed by atoms with Gasteiger partial charge in [-0.15, -0.1) is 0 Å². The van der Waals surface area contributed by atoms with Crippen LogP contribution in [0, 0.1) is 0 Å². The summed E-state index contributed by atoms with van der Waals surface area (Å²) in [6, 6.07) is 5.96. The third-order valence-electron chi connectivity index (χ3n) is 2.88. The van der Waals surface area contributed by atoms with Gasteiger partial charge in [-0.25, -0.2) is 0 Å². The molecule has 0 spiro atoms. The lowest BCUT2D eigenvalue weighted by molar-refractivity contribution is -0.142. The number of likely N-dealkylation sites (N-methyl/N-ethyl adjacent to an activating group) is 1. The quantitative estimate of drug-likeness (QED) is 0.726. The molecule has 0 radical (unpaired) electrons. The number of aliphatic carboxylic acids is 1. The van der Waals surface area contributed by atoms with E-state index in [2.05, 4.69) is 10.6 Å². The zero-order valence-corrected chi connectivity index (χ0v) is 12.2. The van der Waals surface area contributed by atoms with Crippen molar-refractivity contribution < 1.29 is 19.5 Å². The zero-order valence-electron chi connectivity index (χ0n) is 12.2. The van der Waals surface area contributed by atoms with Gasteiger partial charge >= 0.3 is 5.97 Å². The number of hydrogen-bond donors (Lipinski definition) is 3. The molecule has 0 saturated heterocycles. The highest BCUT2D eigenvalue weighted by Crippen LogP contribution is 2.15. The van der Waals surface area contributed by atoms with Gasteiger partial charge in [0.25, 0.3) is 0 Å². The highest BCUT2D eigenvalue weighted by atomic mass is 16.4. The molecule has 0 heterocycles. The van der Waals surface area contributed by atoms with Crippen LogP contribution in [0.15, 0.2) is 24.3 Å². The Bertz CT molecular complexity index is 545. The molecule has 0 aliphatic heterocycles. The third-order valence-corrected chi connectivity index (χ3v) is 2.88. The minimum Gasteiger partial charge on any atom is -0.480 e. The summed E-state index contributed by atoms with van der Waals surface area (Å²) < 4.78 is 0. The number of amides is 2. The number of nitrogens with one attached hydrogen (secondary N) is 2. The van der Waals surface area contributed by atoms with Crippen molar-refractivity contribution in [2.24, 2.45) is 0 Å². The fourth-order valence-electron chi connectivity index (χ4n) is 1.63. The number of carboxylic acid groups (broad SMARTS) is 1. The Hall–Kier alpha value is -2.41. The Morgan fingerprint density at radius 3 is 2.33 bits per heavy atom. The van der Waals surface area contributed by atoms with Crippen molar-refractivity contribution in [3.05, 3.63) is 24.3 Å². The van der Waals surface area contributed by atoms with E-state index in [1.807, 2.05) is 0 Å². The molecule has 0 saturated carbocycles. The van der Waals surface area contributed by atoms with Crippen molar-refractivity contribution >= 4 is 29.2 Å². The van der Waals surface area contributed by atoms with Crippen LogP contribution >= 0.6 is 0 Å². The molecule has 1 rings (SSSR count). The highest BCUT2D eigenvalue weighted by Gasteiger charge is 2.19. The van der Waals surface area contributed by atoms with Crippen molar-refractivity contribution in [2.45, 2.75) is 19.9 Å². The Balaban J connectivity index is 2.62. The minimum atomic E-state index is -0.988. The van der Waals surface area contributed by atoms with Gasteiger partial charge in [0.1, 0.15) is 6.04 Å². The summed E-state index contributed by atoms with van der Waals surface area (Å²) in [6.45, 7) is 2.86. The van der Waals surface area contributed by atoms with Gasteiger partial charge < -0.3 is 15.7 Å². The molecule has 21 heavy (non-hydrogen) atoms. The second-order valence-electron chi connectivity index (χ2n) is 4.74. The van der Waals surface area contributed by atoms with Crippen LogP contribution in [0.2, 0.25) is 0 Å². The molecule has 2 amide bonds. The molecule has 1 aromatic carbocycles. The number of carbonyl (C=O) groups excluding carboxylic acids is 2. The average Bonchev–Trinajstić information content (AvgIpc) is 2.36. The number of hydrogen-bond acceptors (Lipinski definition) is 4. The molecule has 3 N–H and O–H groups in total. The van der Waals surface area contributed by atoms with Crippen molar-refractivity contribution in [3.8, 4) is 0 Å². The van der Waals surface area contributed by atoms with E-state index in [9.17, 15) is 14.4 Å². The van der Waals surface area contributed by atoms with Crippen LogP contribution in [0.25, 0.3) is 0 Å². The smallest absolute Gasteiger partial charge is 0.320 e. The van der Waals surface area contributed by atoms with Gasteiger partial charge in [0.2, 0.25) is 11.8 Å². The van der Waals surface area contributed by atoms with E-state index in [0.29, 0.717) is 11.4 Å². The second-order valence-corrected chi connectivity index (χ2v) is 4.74. The molecular formula is C14H19N3O4. The maximum absolute atomic E-state index is 11.9. The maximum atomic E-state index is 11.9. The van der Waals surface area contributed by atoms with Gasteiger partial charge in [-0.2, -0.15) is 0 Å². The summed E-state index contributed by atoms with van der Waals surface area (Å²) >= 11 is 0. The number of carboxylic acids is 1. The molecule has 114 valence electrons. The first-order chi connectivity index (χ1) is 9.79. The third kappa shape index (κ3) is 5.62. The molecule has 0 aliphatic carbocycles. The zero-order chi connectivity index (χ0) is 16.0. The van der Waals surface area contributed by atoms with Crippen molar-refractivity contribution in [1.29, 1.82) is 0 Å². The monoisotopic (exact) mass is 293 g/mol.